The Morgan fingerprint density at radius 2 is 1.67 bits per heavy atom. The minimum Gasteiger partial charge on any atom is -0.493 e. The molecule has 0 bridgehead atoms. The molecule has 1 aliphatic carbocycles. The van der Waals surface area contributed by atoms with Gasteiger partial charge in [0.1, 0.15) is 11.5 Å². The van der Waals surface area contributed by atoms with E-state index in [2.05, 4.69) is 0 Å². The van der Waals surface area contributed by atoms with Gasteiger partial charge in [0.15, 0.2) is 5.78 Å². The van der Waals surface area contributed by atoms with E-state index in [1.165, 1.54) is 12.8 Å². The second kappa shape index (κ2) is 5.42. The number of rotatable bonds is 6. The number of carbonyl (C=O) groups excluding carboxylic acids is 1. The first kappa shape index (κ1) is 12.9. The van der Waals surface area contributed by atoms with Crippen LogP contribution in [0.1, 0.15) is 55.5 Å². The van der Waals surface area contributed by atoms with Crippen LogP contribution < -0.4 is 9.47 Å². The van der Waals surface area contributed by atoms with Crippen LogP contribution in [0.4, 0.5) is 0 Å². The van der Waals surface area contributed by atoms with E-state index in [0.29, 0.717) is 24.7 Å². The summed E-state index contributed by atoms with van der Waals surface area (Å²) in [6.45, 7) is 6.69. The summed E-state index contributed by atoms with van der Waals surface area (Å²) in [5.74, 6) is 2.21. The van der Waals surface area contributed by atoms with E-state index in [9.17, 15) is 4.79 Å². The largest absolute Gasteiger partial charge is 0.493 e. The first-order valence-electron chi connectivity index (χ1n) is 6.61. The van der Waals surface area contributed by atoms with Crippen molar-refractivity contribution in [3.8, 4) is 11.5 Å². The summed E-state index contributed by atoms with van der Waals surface area (Å²) in [5, 5.41) is 0. The quantitative estimate of drug-likeness (QED) is 0.722. The van der Waals surface area contributed by atoms with Gasteiger partial charge in [-0.05, 0) is 51.7 Å². The molecule has 0 heterocycles. The molecule has 0 N–H and O–H groups in total. The predicted molar refractivity (Wildman–Crippen MR) is 70.8 cm³/mol. The highest BCUT2D eigenvalue weighted by atomic mass is 16.5. The molecule has 2 rings (SSSR count). The first-order valence-corrected chi connectivity index (χ1v) is 6.61. The average molecular weight is 248 g/mol. The predicted octanol–water partition coefficient (Wildman–Crippen LogP) is 3.56. The number of Topliss-reactive ketones (excluding diaryl/α,β-unsaturated/α-hetero) is 1. The number of ketones is 1. The van der Waals surface area contributed by atoms with Gasteiger partial charge < -0.3 is 9.47 Å². The fourth-order valence-electron chi connectivity index (χ4n) is 2.13. The third kappa shape index (κ3) is 2.66. The molecule has 0 atom stereocenters. The molecular weight excluding hydrogens is 228 g/mol. The summed E-state index contributed by atoms with van der Waals surface area (Å²) in [5.41, 5.74) is 1.80. The Bertz CT molecular complexity index is 420. The SMILES string of the molecule is CCOc1cc(C(C)=O)cc(OCC)c1C1CC1. The van der Waals surface area contributed by atoms with Gasteiger partial charge in [0.25, 0.3) is 0 Å². The zero-order valence-electron chi connectivity index (χ0n) is 11.3. The van der Waals surface area contributed by atoms with Crippen LogP contribution in [-0.4, -0.2) is 19.0 Å². The fraction of sp³-hybridized carbons (Fsp3) is 0.533. The molecule has 0 spiro atoms. The maximum atomic E-state index is 11.5. The molecule has 98 valence electrons. The number of hydrogen-bond acceptors (Lipinski definition) is 3. The van der Waals surface area contributed by atoms with Crippen molar-refractivity contribution < 1.29 is 14.3 Å². The highest BCUT2D eigenvalue weighted by Crippen LogP contribution is 2.49. The van der Waals surface area contributed by atoms with Gasteiger partial charge in [-0.2, -0.15) is 0 Å². The molecule has 1 aliphatic rings. The van der Waals surface area contributed by atoms with Gasteiger partial charge >= 0.3 is 0 Å². The molecule has 0 unspecified atom stereocenters. The molecule has 0 radical (unpaired) electrons. The van der Waals surface area contributed by atoms with E-state index in [0.717, 1.165) is 17.1 Å². The van der Waals surface area contributed by atoms with E-state index in [1.807, 2.05) is 26.0 Å². The molecule has 3 nitrogen and oxygen atoms in total. The number of benzene rings is 1. The van der Waals surface area contributed by atoms with Gasteiger partial charge in [0, 0.05) is 11.1 Å². The van der Waals surface area contributed by atoms with Crippen molar-refractivity contribution in [1.82, 2.24) is 0 Å². The summed E-state index contributed by atoms with van der Waals surface area (Å²) in [4.78, 5) is 11.5. The molecule has 0 aliphatic heterocycles. The van der Waals surface area contributed by atoms with Crippen LogP contribution in [0.25, 0.3) is 0 Å². The lowest BCUT2D eigenvalue weighted by Crippen LogP contribution is -2.04. The van der Waals surface area contributed by atoms with Crippen LogP contribution in [0.15, 0.2) is 12.1 Å². The van der Waals surface area contributed by atoms with Gasteiger partial charge in [-0.25, -0.2) is 0 Å². The maximum absolute atomic E-state index is 11.5. The second-order valence-electron chi connectivity index (χ2n) is 4.58. The van der Waals surface area contributed by atoms with Gasteiger partial charge in [0.05, 0.1) is 13.2 Å². The van der Waals surface area contributed by atoms with Crippen LogP contribution in [0.3, 0.4) is 0 Å². The van der Waals surface area contributed by atoms with Crippen molar-refractivity contribution in [2.45, 2.75) is 39.5 Å². The molecule has 0 aromatic heterocycles. The zero-order chi connectivity index (χ0) is 13.1. The smallest absolute Gasteiger partial charge is 0.160 e. The lowest BCUT2D eigenvalue weighted by molar-refractivity contribution is 0.101. The van der Waals surface area contributed by atoms with Crippen LogP contribution in [0.2, 0.25) is 0 Å². The normalized spacial score (nSPS) is 14.4. The van der Waals surface area contributed by atoms with Gasteiger partial charge in [-0.15, -0.1) is 0 Å². The summed E-state index contributed by atoms with van der Waals surface area (Å²) in [6, 6.07) is 3.70. The maximum Gasteiger partial charge on any atom is 0.160 e. The Kier molecular flexibility index (Phi) is 3.90. The molecule has 1 aromatic rings. The summed E-state index contributed by atoms with van der Waals surface area (Å²) < 4.78 is 11.4. The van der Waals surface area contributed by atoms with Crippen LogP contribution >= 0.6 is 0 Å². The zero-order valence-corrected chi connectivity index (χ0v) is 11.3. The van der Waals surface area contributed by atoms with E-state index < -0.39 is 0 Å². The van der Waals surface area contributed by atoms with Crippen molar-refractivity contribution in [3.63, 3.8) is 0 Å². The lowest BCUT2D eigenvalue weighted by atomic mass is 10.0. The standard InChI is InChI=1S/C15H20O3/c1-4-17-13-8-12(10(3)16)9-14(18-5-2)15(13)11-6-7-11/h8-9,11H,4-7H2,1-3H3. The van der Waals surface area contributed by atoms with E-state index in [4.69, 9.17) is 9.47 Å². The Balaban J connectivity index is 2.48. The summed E-state index contributed by atoms with van der Waals surface area (Å²) >= 11 is 0. The molecule has 1 aromatic carbocycles. The van der Waals surface area contributed by atoms with Crippen LogP contribution in [0.5, 0.6) is 11.5 Å². The molecule has 3 heteroatoms. The van der Waals surface area contributed by atoms with E-state index in [1.54, 1.807) is 6.92 Å². The number of hydrogen-bond donors (Lipinski definition) is 0. The minimum atomic E-state index is 0.0410. The highest BCUT2D eigenvalue weighted by Gasteiger charge is 2.31. The van der Waals surface area contributed by atoms with Crippen molar-refractivity contribution in [2.75, 3.05) is 13.2 Å². The molecule has 18 heavy (non-hydrogen) atoms. The van der Waals surface area contributed by atoms with Crippen molar-refractivity contribution in [2.24, 2.45) is 0 Å². The third-order valence-corrected chi connectivity index (χ3v) is 3.10. The minimum absolute atomic E-state index is 0.0410. The Morgan fingerprint density at radius 3 is 2.00 bits per heavy atom. The number of ether oxygens (including phenoxy) is 2. The van der Waals surface area contributed by atoms with Gasteiger partial charge in [0.2, 0.25) is 0 Å². The van der Waals surface area contributed by atoms with Gasteiger partial charge in [-0.3, -0.25) is 4.79 Å². The number of carbonyl (C=O) groups is 1. The van der Waals surface area contributed by atoms with Gasteiger partial charge in [-0.1, -0.05) is 0 Å². The van der Waals surface area contributed by atoms with Crippen LogP contribution in [0, 0.1) is 0 Å². The van der Waals surface area contributed by atoms with Crippen molar-refractivity contribution in [3.05, 3.63) is 23.3 Å². The van der Waals surface area contributed by atoms with E-state index >= 15 is 0 Å². The molecule has 1 fully saturated rings. The fourth-order valence-corrected chi connectivity index (χ4v) is 2.13. The monoisotopic (exact) mass is 248 g/mol. The topological polar surface area (TPSA) is 35.5 Å². The van der Waals surface area contributed by atoms with E-state index in [-0.39, 0.29) is 5.78 Å². The van der Waals surface area contributed by atoms with Crippen molar-refractivity contribution >= 4 is 5.78 Å². The molecule has 1 saturated carbocycles. The van der Waals surface area contributed by atoms with Crippen molar-refractivity contribution in [1.29, 1.82) is 0 Å². The lowest BCUT2D eigenvalue weighted by Gasteiger charge is -2.16. The Labute approximate surface area is 108 Å². The molecule has 0 saturated heterocycles. The second-order valence-corrected chi connectivity index (χ2v) is 4.58. The Hall–Kier alpha value is -1.51. The summed E-state index contributed by atoms with van der Waals surface area (Å²) in [7, 11) is 0. The Morgan fingerprint density at radius 1 is 1.17 bits per heavy atom. The first-order chi connectivity index (χ1) is 8.67. The summed E-state index contributed by atoms with van der Waals surface area (Å²) in [6.07, 6.45) is 2.36. The third-order valence-electron chi connectivity index (χ3n) is 3.10. The molecular formula is C15H20O3. The average Bonchev–Trinajstić information content (AvgIpc) is 3.13. The molecule has 0 amide bonds. The van der Waals surface area contributed by atoms with Crippen LogP contribution in [-0.2, 0) is 0 Å². The highest BCUT2D eigenvalue weighted by molar-refractivity contribution is 5.95.